The van der Waals surface area contributed by atoms with E-state index in [9.17, 15) is 0 Å². The fourth-order valence-electron chi connectivity index (χ4n) is 15.8. The zero-order valence-electron chi connectivity index (χ0n) is 7.13. The molecule has 0 aromatic carbocycles. The molecule has 10 saturated heterocycles. The van der Waals surface area contributed by atoms with Crippen LogP contribution in [0.1, 0.15) is 1.43 Å². The largest absolute Gasteiger partial charge is 0 e. The molecule has 11 heavy (non-hydrogen) atoms. The Morgan fingerprint density at radius 1 is 0.455 bits per heavy atom. The summed E-state index contributed by atoms with van der Waals surface area (Å²) in [6.07, 6.45) is 0. The van der Waals surface area contributed by atoms with E-state index >= 15 is 0 Å². The van der Waals surface area contributed by atoms with E-state index in [4.69, 9.17) is 0 Å². The third-order valence-corrected chi connectivity index (χ3v) is 56.5. The zero-order chi connectivity index (χ0) is 6.09. The second-order valence-corrected chi connectivity index (χ2v) is 33.5. The summed E-state index contributed by atoms with van der Waals surface area (Å²) in [5.41, 5.74) is 0. The molecule has 10 aliphatic rings. The Hall–Kier alpha value is 0.519. The van der Waals surface area contributed by atoms with E-state index in [1.54, 1.807) is 48.2 Å². The fourth-order valence-corrected chi connectivity index (χ4v) is 88.0. The standard InChI is InChI=1S/2C5H5.Fe.H/c2*1-2-4-5-3-1;;/h2*1-5H;;. The molecule has 0 N–H and O–H groups in total. The minimum Gasteiger partial charge on any atom is 0 e. The van der Waals surface area contributed by atoms with Gasteiger partial charge in [0.25, 0.3) is 0 Å². The molecule has 0 aliphatic carbocycles. The molecule has 0 aromatic heterocycles. The first-order valence-electron chi connectivity index (χ1n) is 5.37. The minimum absolute atomic E-state index is 0. The van der Waals surface area contributed by atoms with Gasteiger partial charge in [0.05, 0.1) is 0 Å². The molecule has 0 bridgehead atoms. The third-order valence-electron chi connectivity index (χ3n) is 14.5. The SMILES string of the molecule is [CH]12[CH]3[CH]4[CH]5[CH]1[Fe]23451678[CH]2[CH]1[CH]6[CH]7[CH]28.[H]. The van der Waals surface area contributed by atoms with Crippen LogP contribution in [0.2, 0.25) is 48.2 Å². The normalized spacial score (nSPS) is 171. The van der Waals surface area contributed by atoms with Crippen molar-refractivity contribution in [2.24, 2.45) is 0 Å². The summed E-state index contributed by atoms with van der Waals surface area (Å²) < 4.78 is 0. The van der Waals surface area contributed by atoms with Crippen LogP contribution in [0.25, 0.3) is 0 Å². The van der Waals surface area contributed by atoms with E-state index in [0.717, 1.165) is 0 Å². The van der Waals surface area contributed by atoms with Crippen molar-refractivity contribution in [2.45, 2.75) is 48.2 Å². The third kappa shape index (κ3) is 0.0190. The second-order valence-electron chi connectivity index (χ2n) is 9.58. The molecule has 1 spiro atoms. The summed E-state index contributed by atoms with van der Waals surface area (Å²) in [5, 5.41) is 0. The minimum atomic E-state index is -2.28. The molecule has 0 aromatic rings. The van der Waals surface area contributed by atoms with Gasteiger partial charge >= 0.3 is 54.7 Å². The molecule has 0 saturated carbocycles. The van der Waals surface area contributed by atoms with E-state index < -0.39 is 6.51 Å². The molecule has 59 valence electrons. The molecule has 10 aliphatic heterocycles. The molecule has 10 heterocycles. The van der Waals surface area contributed by atoms with E-state index in [-0.39, 0.29) is 1.43 Å². The van der Waals surface area contributed by atoms with Crippen LogP contribution < -0.4 is 0 Å². The van der Waals surface area contributed by atoms with Crippen molar-refractivity contribution in [3.8, 4) is 0 Å². The van der Waals surface area contributed by atoms with E-state index in [0.29, 0.717) is 0 Å². The maximum Gasteiger partial charge on any atom is 0 e. The van der Waals surface area contributed by atoms with Gasteiger partial charge in [-0.05, 0) is 0 Å². The topological polar surface area (TPSA) is 0 Å². The first-order chi connectivity index (χ1) is 5.16. The van der Waals surface area contributed by atoms with Gasteiger partial charge < -0.3 is 0 Å². The van der Waals surface area contributed by atoms with Crippen LogP contribution in [0.5, 0.6) is 0 Å². The van der Waals surface area contributed by atoms with Crippen LogP contribution in [0, 0.1) is 0 Å². The van der Waals surface area contributed by atoms with Crippen molar-refractivity contribution in [3.63, 3.8) is 0 Å². The smallest absolute Gasteiger partial charge is 0 e. The van der Waals surface area contributed by atoms with Crippen molar-refractivity contribution in [1.29, 1.82) is 0 Å². The van der Waals surface area contributed by atoms with E-state index in [1.807, 2.05) is 0 Å². The molecule has 10 fully saturated rings. The van der Waals surface area contributed by atoms with Gasteiger partial charge in [0.2, 0.25) is 0 Å². The molecule has 1 radical (unpaired) electrons. The van der Waals surface area contributed by atoms with Gasteiger partial charge in [-0.1, -0.05) is 0 Å². The molecule has 1 heteroatoms. The van der Waals surface area contributed by atoms with Crippen molar-refractivity contribution in [1.82, 2.24) is 0 Å². The average molecular weight is 187 g/mol. The summed E-state index contributed by atoms with van der Waals surface area (Å²) in [5.74, 6) is 0. The van der Waals surface area contributed by atoms with Crippen molar-refractivity contribution in [3.05, 3.63) is 0 Å². The summed E-state index contributed by atoms with van der Waals surface area (Å²) in [6.45, 7) is -2.28. The van der Waals surface area contributed by atoms with E-state index in [2.05, 4.69) is 0 Å². The van der Waals surface area contributed by atoms with Crippen LogP contribution in [-0.2, 0) is 6.51 Å². The molecule has 0 unspecified atom stereocenters. The molecule has 0 nitrogen and oxygen atoms in total. The summed E-state index contributed by atoms with van der Waals surface area (Å²) in [6, 6.07) is 0. The Bertz CT molecular complexity index is 577. The molecule has 10 rings (SSSR count). The van der Waals surface area contributed by atoms with Gasteiger partial charge in [-0.3, -0.25) is 0 Å². The maximum atomic E-state index is 1.59. The van der Waals surface area contributed by atoms with Gasteiger partial charge in [-0.15, -0.1) is 0 Å². The van der Waals surface area contributed by atoms with Crippen molar-refractivity contribution < 1.29 is 7.94 Å². The molecular weight excluding hydrogens is 176 g/mol. The van der Waals surface area contributed by atoms with Gasteiger partial charge in [0.15, 0.2) is 0 Å². The van der Waals surface area contributed by atoms with Crippen LogP contribution in [0.4, 0.5) is 0 Å². The summed E-state index contributed by atoms with van der Waals surface area (Å²) in [7, 11) is 0. The van der Waals surface area contributed by atoms with Crippen LogP contribution in [0.15, 0.2) is 0 Å². The quantitative estimate of drug-likeness (QED) is 0.509. The Kier molecular flexibility index (Phi) is 0.0460. The van der Waals surface area contributed by atoms with Crippen molar-refractivity contribution >= 4 is 0 Å². The Balaban J connectivity index is 0.000000400. The number of rotatable bonds is 0. The first kappa shape index (κ1) is 3.03. The summed E-state index contributed by atoms with van der Waals surface area (Å²) in [4.78, 5) is 15.9. The predicted molar refractivity (Wildman–Crippen MR) is 38.6 cm³/mol. The Labute approximate surface area is 56.5 Å². The number of hydrogen-bond donors (Lipinski definition) is 0. The van der Waals surface area contributed by atoms with Crippen LogP contribution in [-0.4, -0.2) is 0 Å². The molecule has 0 atom stereocenters. The number of fused-ring (bicyclic) bond motifs is 10. The van der Waals surface area contributed by atoms with E-state index in [1.165, 1.54) is 0 Å². The first-order valence-corrected chi connectivity index (χ1v) is 11.7. The number of hydrogen-bond acceptors (Lipinski definition) is 0. The van der Waals surface area contributed by atoms with Gasteiger partial charge in [-0.25, -0.2) is 0 Å². The van der Waals surface area contributed by atoms with Crippen LogP contribution >= 0.6 is 0 Å². The predicted octanol–water partition coefficient (Wildman–Crippen LogP) is 3.49. The van der Waals surface area contributed by atoms with Crippen molar-refractivity contribution in [2.75, 3.05) is 0 Å². The van der Waals surface area contributed by atoms with Gasteiger partial charge in [0.1, 0.15) is 0 Å². The summed E-state index contributed by atoms with van der Waals surface area (Å²) >= 11 is 0. The van der Waals surface area contributed by atoms with Gasteiger partial charge in [0, 0.05) is 1.43 Å². The molecular formula is C10H11Fe. The monoisotopic (exact) mass is 187 g/mol. The van der Waals surface area contributed by atoms with Gasteiger partial charge in [-0.2, -0.15) is 0 Å². The van der Waals surface area contributed by atoms with Crippen LogP contribution in [0.3, 0.4) is 0 Å². The fraction of sp³-hybridized carbons (Fsp3) is 1.00. The average Bonchev–Trinajstić information content (AvgIpc) is 3.01. The maximum absolute atomic E-state index is 2.28. The zero-order valence-corrected chi connectivity index (χ0v) is 7.23. The second kappa shape index (κ2) is 0.167. The Morgan fingerprint density at radius 3 is 0.636 bits per heavy atom. The Morgan fingerprint density at radius 2 is 0.636 bits per heavy atom. The molecule has 0 amide bonds.